The van der Waals surface area contributed by atoms with Crippen LogP contribution in [0.1, 0.15) is 126 Å². The predicted octanol–water partition coefficient (Wildman–Crippen LogP) is 6.02. The van der Waals surface area contributed by atoms with E-state index in [2.05, 4.69) is 95.2 Å². The second kappa shape index (κ2) is 10.3. The van der Waals surface area contributed by atoms with Gasteiger partial charge in [-0.1, -0.05) is 47.0 Å². The van der Waals surface area contributed by atoms with E-state index < -0.39 is 0 Å². The second-order valence-corrected chi connectivity index (χ2v) is 13.1. The number of piperidine rings is 1. The Kier molecular flexibility index (Phi) is 8.71. The van der Waals surface area contributed by atoms with Crippen LogP contribution in [-0.4, -0.2) is 37.6 Å². The Morgan fingerprint density at radius 1 is 1.03 bits per heavy atom. The predicted molar refractivity (Wildman–Crippen MR) is 136 cm³/mol. The molecule has 6 heteroatoms. The van der Waals surface area contributed by atoms with Gasteiger partial charge < -0.3 is 16.0 Å². The molecular formula is C26H50N6. The molecule has 0 bridgehead atoms. The average Bonchev–Trinajstić information content (AvgIpc) is 2.56. The van der Waals surface area contributed by atoms with Crippen LogP contribution in [0.2, 0.25) is 0 Å². The molecule has 0 aromatic carbocycles. The Bertz CT molecular complexity index is 703. The van der Waals surface area contributed by atoms with Crippen LogP contribution in [0.15, 0.2) is 6.33 Å². The minimum atomic E-state index is -0.0922. The molecule has 0 radical (unpaired) electrons. The minimum Gasteiger partial charge on any atom is -0.349 e. The maximum Gasteiger partial charge on any atom is 0.226 e. The Morgan fingerprint density at radius 3 is 2.22 bits per heavy atom. The molecule has 2 rings (SSSR count). The molecule has 1 fully saturated rings. The van der Waals surface area contributed by atoms with Crippen LogP contribution < -0.4 is 16.0 Å². The SMILES string of the molecule is CCCCCC(NC1CC(C)(C)NC(C)(C)C1)c1ncnc(NC(C)(C)CC(C)(C)C)n1. The van der Waals surface area contributed by atoms with Gasteiger partial charge >= 0.3 is 0 Å². The average molecular weight is 447 g/mol. The van der Waals surface area contributed by atoms with E-state index in [1.807, 2.05) is 0 Å². The fourth-order valence-corrected chi connectivity index (χ4v) is 5.82. The molecular weight excluding hydrogens is 396 g/mol. The van der Waals surface area contributed by atoms with E-state index in [-0.39, 0.29) is 28.1 Å². The number of nitrogens with one attached hydrogen (secondary N) is 3. The summed E-state index contributed by atoms with van der Waals surface area (Å²) in [6, 6.07) is 0.573. The van der Waals surface area contributed by atoms with Crippen LogP contribution in [0.5, 0.6) is 0 Å². The fraction of sp³-hybridized carbons (Fsp3) is 0.885. The Balaban J connectivity index is 2.20. The van der Waals surface area contributed by atoms with Crippen LogP contribution >= 0.6 is 0 Å². The number of unbranched alkanes of at least 4 members (excludes halogenated alkanes) is 2. The van der Waals surface area contributed by atoms with E-state index in [1.54, 1.807) is 6.33 Å². The van der Waals surface area contributed by atoms with Gasteiger partial charge in [0.15, 0.2) is 5.82 Å². The maximum absolute atomic E-state index is 4.89. The van der Waals surface area contributed by atoms with Gasteiger partial charge in [0.05, 0.1) is 6.04 Å². The first-order chi connectivity index (χ1) is 14.6. The van der Waals surface area contributed by atoms with Crippen molar-refractivity contribution in [2.45, 2.75) is 143 Å². The van der Waals surface area contributed by atoms with Crippen LogP contribution in [-0.2, 0) is 0 Å². The van der Waals surface area contributed by atoms with E-state index in [4.69, 9.17) is 4.98 Å². The summed E-state index contributed by atoms with van der Waals surface area (Å²) in [4.78, 5) is 14.0. The van der Waals surface area contributed by atoms with E-state index in [1.165, 1.54) is 19.3 Å². The summed E-state index contributed by atoms with van der Waals surface area (Å²) in [7, 11) is 0. The van der Waals surface area contributed by atoms with Crippen LogP contribution in [0, 0.1) is 5.41 Å². The first-order valence-corrected chi connectivity index (χ1v) is 12.6. The van der Waals surface area contributed by atoms with Crippen molar-refractivity contribution in [2.24, 2.45) is 5.41 Å². The Hall–Kier alpha value is -1.27. The third-order valence-electron chi connectivity index (χ3n) is 6.05. The highest BCUT2D eigenvalue weighted by atomic mass is 15.2. The van der Waals surface area contributed by atoms with Gasteiger partial charge in [-0.15, -0.1) is 0 Å². The monoisotopic (exact) mass is 446 g/mol. The minimum absolute atomic E-state index is 0.0922. The highest BCUT2D eigenvalue weighted by Crippen LogP contribution is 2.32. The Morgan fingerprint density at radius 2 is 1.66 bits per heavy atom. The molecule has 6 nitrogen and oxygen atoms in total. The fourth-order valence-electron chi connectivity index (χ4n) is 5.82. The molecule has 2 heterocycles. The number of nitrogens with zero attached hydrogens (tertiary/aromatic N) is 3. The summed E-state index contributed by atoms with van der Waals surface area (Å²) in [5, 5.41) is 11.3. The zero-order chi connectivity index (χ0) is 24.2. The summed E-state index contributed by atoms with van der Waals surface area (Å²) < 4.78 is 0. The second-order valence-electron chi connectivity index (χ2n) is 13.1. The molecule has 0 saturated carbocycles. The smallest absolute Gasteiger partial charge is 0.226 e. The topological polar surface area (TPSA) is 74.8 Å². The molecule has 1 unspecified atom stereocenters. The molecule has 3 N–H and O–H groups in total. The number of rotatable bonds is 10. The molecule has 0 aliphatic carbocycles. The molecule has 184 valence electrons. The van der Waals surface area contributed by atoms with Gasteiger partial charge in [-0.25, -0.2) is 9.97 Å². The van der Waals surface area contributed by atoms with Gasteiger partial charge in [-0.3, -0.25) is 0 Å². The zero-order valence-electron chi connectivity index (χ0n) is 22.5. The number of hydrogen-bond acceptors (Lipinski definition) is 6. The lowest BCUT2D eigenvalue weighted by molar-refractivity contribution is 0.137. The molecule has 1 aliphatic rings. The van der Waals surface area contributed by atoms with Gasteiger partial charge in [-0.2, -0.15) is 4.98 Å². The molecule has 0 spiro atoms. The van der Waals surface area contributed by atoms with Crippen molar-refractivity contribution in [3.8, 4) is 0 Å². The van der Waals surface area contributed by atoms with Crippen molar-refractivity contribution in [1.29, 1.82) is 0 Å². The lowest BCUT2D eigenvalue weighted by Gasteiger charge is -2.47. The first kappa shape index (κ1) is 27.0. The molecule has 1 aromatic heterocycles. The van der Waals surface area contributed by atoms with E-state index in [0.29, 0.717) is 12.0 Å². The van der Waals surface area contributed by atoms with E-state index in [9.17, 15) is 0 Å². The first-order valence-electron chi connectivity index (χ1n) is 12.6. The van der Waals surface area contributed by atoms with Crippen LogP contribution in [0.25, 0.3) is 0 Å². The van der Waals surface area contributed by atoms with E-state index >= 15 is 0 Å². The lowest BCUT2D eigenvalue weighted by Crippen LogP contribution is -2.61. The molecule has 1 saturated heterocycles. The van der Waals surface area contributed by atoms with Crippen molar-refractivity contribution in [2.75, 3.05) is 5.32 Å². The van der Waals surface area contributed by atoms with E-state index in [0.717, 1.165) is 31.5 Å². The van der Waals surface area contributed by atoms with Crippen molar-refractivity contribution in [3.05, 3.63) is 12.2 Å². The van der Waals surface area contributed by atoms with Gasteiger partial charge in [0.1, 0.15) is 6.33 Å². The summed E-state index contributed by atoms with van der Waals surface area (Å²) in [5.74, 6) is 1.54. The van der Waals surface area contributed by atoms with Gasteiger partial charge in [0.25, 0.3) is 0 Å². The highest BCUT2D eigenvalue weighted by molar-refractivity contribution is 5.28. The summed E-state index contributed by atoms with van der Waals surface area (Å²) >= 11 is 0. The zero-order valence-corrected chi connectivity index (χ0v) is 22.5. The maximum atomic E-state index is 4.89. The third-order valence-corrected chi connectivity index (χ3v) is 6.05. The largest absolute Gasteiger partial charge is 0.349 e. The van der Waals surface area contributed by atoms with Crippen molar-refractivity contribution in [3.63, 3.8) is 0 Å². The number of hydrogen-bond donors (Lipinski definition) is 3. The van der Waals surface area contributed by atoms with Crippen LogP contribution in [0.4, 0.5) is 5.95 Å². The summed E-state index contributed by atoms with van der Waals surface area (Å²) in [6.45, 7) is 22.7. The van der Waals surface area contributed by atoms with Gasteiger partial charge in [0, 0.05) is 22.7 Å². The standard InChI is InChI=1S/C26H50N6/c1-11-12-13-14-20(29-19-15-24(5,6)32-25(7,8)16-19)21-27-18-28-22(30-21)31-26(9,10)17-23(2,3)4/h18-20,29,32H,11-17H2,1-10H3,(H,27,28,30,31). The highest BCUT2D eigenvalue weighted by Gasteiger charge is 2.38. The number of anilines is 1. The third kappa shape index (κ3) is 9.30. The van der Waals surface area contributed by atoms with Crippen molar-refractivity contribution < 1.29 is 0 Å². The van der Waals surface area contributed by atoms with Crippen molar-refractivity contribution >= 4 is 5.95 Å². The molecule has 1 atom stereocenters. The van der Waals surface area contributed by atoms with Crippen LogP contribution in [0.3, 0.4) is 0 Å². The Labute approximate surface area is 197 Å². The molecule has 32 heavy (non-hydrogen) atoms. The molecule has 0 amide bonds. The summed E-state index contributed by atoms with van der Waals surface area (Å²) in [5.41, 5.74) is 0.350. The van der Waals surface area contributed by atoms with Gasteiger partial charge in [0.2, 0.25) is 5.95 Å². The molecule has 1 aliphatic heterocycles. The lowest BCUT2D eigenvalue weighted by atomic mass is 9.79. The van der Waals surface area contributed by atoms with Crippen molar-refractivity contribution in [1.82, 2.24) is 25.6 Å². The summed E-state index contributed by atoms with van der Waals surface area (Å²) in [6.07, 6.45) is 9.55. The normalized spacial score (nSPS) is 20.2. The van der Waals surface area contributed by atoms with Gasteiger partial charge in [-0.05, 0) is 72.6 Å². The molecule has 1 aromatic rings. The number of aromatic nitrogens is 3. The quantitative estimate of drug-likeness (QED) is 0.382.